The van der Waals surface area contributed by atoms with Crippen LogP contribution < -0.4 is 0 Å². The number of hydrogen-bond donors (Lipinski definition) is 0. The highest BCUT2D eigenvalue weighted by Gasteiger charge is 2.42. The number of carbonyl (C=O) groups excluding carboxylic acids is 1. The van der Waals surface area contributed by atoms with E-state index in [1.54, 1.807) is 6.92 Å². The molecule has 14 heavy (non-hydrogen) atoms. The number of rotatable bonds is 2. The number of likely N-dealkylation sites (N-methyl/N-ethyl adjacent to an activating group) is 1. The fraction of sp³-hybridized carbons (Fsp3) is 0.917. The molecule has 3 atom stereocenters. The van der Waals surface area contributed by atoms with Crippen LogP contribution in [0.2, 0.25) is 0 Å². The van der Waals surface area contributed by atoms with E-state index in [0.29, 0.717) is 5.78 Å². The largest absolute Gasteiger partial charge is 0.298 e. The summed E-state index contributed by atoms with van der Waals surface area (Å²) in [6.45, 7) is 4.99. The first-order chi connectivity index (χ1) is 6.74. The van der Waals surface area contributed by atoms with Crippen molar-refractivity contribution in [1.82, 2.24) is 4.90 Å². The van der Waals surface area contributed by atoms with E-state index in [2.05, 4.69) is 11.8 Å². The van der Waals surface area contributed by atoms with Gasteiger partial charge in [-0.2, -0.15) is 0 Å². The number of ketones is 1. The van der Waals surface area contributed by atoms with Crippen molar-refractivity contribution in [2.24, 2.45) is 5.92 Å². The molecular weight excluding hydrogens is 174 g/mol. The number of nitrogens with zero attached hydrogens (tertiary/aromatic N) is 1. The van der Waals surface area contributed by atoms with Gasteiger partial charge in [0.05, 0.1) is 6.04 Å². The lowest BCUT2D eigenvalue weighted by Crippen LogP contribution is -2.41. The monoisotopic (exact) mass is 195 g/mol. The molecule has 2 rings (SSSR count). The lowest BCUT2D eigenvalue weighted by molar-refractivity contribution is -0.121. The van der Waals surface area contributed by atoms with Gasteiger partial charge in [-0.1, -0.05) is 19.8 Å². The summed E-state index contributed by atoms with van der Waals surface area (Å²) in [7, 11) is 0. The number of likely N-dealkylation sites (tertiary alicyclic amines) is 1. The molecule has 3 unspecified atom stereocenters. The van der Waals surface area contributed by atoms with Crippen molar-refractivity contribution < 1.29 is 4.79 Å². The Kier molecular flexibility index (Phi) is 2.91. The summed E-state index contributed by atoms with van der Waals surface area (Å²) < 4.78 is 0. The van der Waals surface area contributed by atoms with Crippen molar-refractivity contribution in [3.05, 3.63) is 0 Å². The third-order valence-corrected chi connectivity index (χ3v) is 4.06. The molecule has 1 heterocycles. The highest BCUT2D eigenvalue weighted by atomic mass is 16.1. The van der Waals surface area contributed by atoms with Crippen LogP contribution in [0.3, 0.4) is 0 Å². The Morgan fingerprint density at radius 2 is 2.07 bits per heavy atom. The Bertz CT molecular complexity index is 226. The van der Waals surface area contributed by atoms with Crippen LogP contribution in [0.1, 0.15) is 46.0 Å². The zero-order valence-electron chi connectivity index (χ0n) is 9.33. The summed E-state index contributed by atoms with van der Waals surface area (Å²) in [4.78, 5) is 14.0. The lowest BCUT2D eigenvalue weighted by Gasteiger charge is -2.32. The van der Waals surface area contributed by atoms with Crippen LogP contribution >= 0.6 is 0 Å². The zero-order valence-corrected chi connectivity index (χ0v) is 9.33. The van der Waals surface area contributed by atoms with E-state index >= 15 is 0 Å². The lowest BCUT2D eigenvalue weighted by atomic mass is 9.84. The molecule has 80 valence electrons. The van der Waals surface area contributed by atoms with Crippen LogP contribution in [-0.2, 0) is 4.79 Å². The molecule has 1 saturated heterocycles. The molecule has 0 aromatic rings. The molecule has 0 aromatic carbocycles. The highest BCUT2D eigenvalue weighted by molar-refractivity contribution is 5.81. The second-order valence-corrected chi connectivity index (χ2v) is 4.80. The average molecular weight is 195 g/mol. The second kappa shape index (κ2) is 4.01. The first-order valence-corrected chi connectivity index (χ1v) is 6.00. The molecule has 0 bridgehead atoms. The van der Waals surface area contributed by atoms with Gasteiger partial charge in [-0.15, -0.1) is 0 Å². The van der Waals surface area contributed by atoms with E-state index < -0.39 is 0 Å². The van der Waals surface area contributed by atoms with Gasteiger partial charge in [-0.25, -0.2) is 0 Å². The standard InChI is InChI=1S/C12H21NO/c1-3-13-11-7-5-4-6-10(11)8-12(13)9(2)14/h10-12H,3-8H2,1-2H3. The average Bonchev–Trinajstić information content (AvgIpc) is 2.56. The molecule has 2 aliphatic rings. The minimum Gasteiger partial charge on any atom is -0.298 e. The maximum Gasteiger partial charge on any atom is 0.146 e. The molecule has 1 aliphatic carbocycles. The zero-order chi connectivity index (χ0) is 10.1. The number of hydrogen-bond acceptors (Lipinski definition) is 2. The minimum atomic E-state index is 0.244. The number of fused-ring (bicyclic) bond motifs is 1. The van der Waals surface area contributed by atoms with Gasteiger partial charge < -0.3 is 0 Å². The highest BCUT2D eigenvalue weighted by Crippen LogP contribution is 2.39. The third kappa shape index (κ3) is 1.60. The molecule has 0 N–H and O–H groups in total. The van der Waals surface area contributed by atoms with E-state index in [9.17, 15) is 4.79 Å². The van der Waals surface area contributed by atoms with Crippen LogP contribution in [0, 0.1) is 5.92 Å². The van der Waals surface area contributed by atoms with Gasteiger partial charge in [-0.05, 0) is 38.6 Å². The minimum absolute atomic E-state index is 0.244. The van der Waals surface area contributed by atoms with Gasteiger partial charge in [0, 0.05) is 6.04 Å². The summed E-state index contributed by atoms with van der Waals surface area (Å²) in [6.07, 6.45) is 6.55. The first kappa shape index (κ1) is 10.2. The Morgan fingerprint density at radius 1 is 1.36 bits per heavy atom. The van der Waals surface area contributed by atoms with Crippen molar-refractivity contribution in [3.8, 4) is 0 Å². The predicted octanol–water partition coefficient (Wildman–Crippen LogP) is 2.23. The molecule has 0 radical (unpaired) electrons. The van der Waals surface area contributed by atoms with Crippen molar-refractivity contribution >= 4 is 5.78 Å². The smallest absolute Gasteiger partial charge is 0.146 e. The fourth-order valence-corrected chi connectivity index (χ4v) is 3.41. The molecule has 1 aliphatic heterocycles. The van der Waals surface area contributed by atoms with E-state index in [-0.39, 0.29) is 6.04 Å². The summed E-state index contributed by atoms with van der Waals surface area (Å²) >= 11 is 0. The van der Waals surface area contributed by atoms with E-state index in [1.807, 2.05) is 0 Å². The molecule has 0 spiro atoms. The Hall–Kier alpha value is -0.370. The fourth-order valence-electron chi connectivity index (χ4n) is 3.41. The number of carbonyl (C=O) groups is 1. The van der Waals surface area contributed by atoms with E-state index in [4.69, 9.17) is 0 Å². The van der Waals surface area contributed by atoms with Gasteiger partial charge in [0.1, 0.15) is 5.78 Å². The first-order valence-electron chi connectivity index (χ1n) is 6.00. The maximum absolute atomic E-state index is 11.5. The normalized spacial score (nSPS) is 38.3. The topological polar surface area (TPSA) is 20.3 Å². The summed E-state index contributed by atoms with van der Waals surface area (Å²) in [5.74, 6) is 1.19. The summed E-state index contributed by atoms with van der Waals surface area (Å²) in [6, 6.07) is 0.968. The van der Waals surface area contributed by atoms with Gasteiger partial charge in [0.15, 0.2) is 0 Å². The maximum atomic E-state index is 11.5. The van der Waals surface area contributed by atoms with Gasteiger partial charge in [0.25, 0.3) is 0 Å². The SMILES string of the molecule is CCN1C(C(C)=O)CC2CCCCC21. The Balaban J connectivity index is 2.12. The predicted molar refractivity (Wildman–Crippen MR) is 57.2 cm³/mol. The molecule has 2 fully saturated rings. The van der Waals surface area contributed by atoms with Crippen LogP contribution in [0.15, 0.2) is 0 Å². The van der Waals surface area contributed by atoms with Gasteiger partial charge in [0.2, 0.25) is 0 Å². The molecular formula is C12H21NO. The molecule has 2 heteroatoms. The second-order valence-electron chi connectivity index (χ2n) is 4.80. The van der Waals surface area contributed by atoms with Gasteiger partial charge >= 0.3 is 0 Å². The Morgan fingerprint density at radius 3 is 2.71 bits per heavy atom. The third-order valence-electron chi connectivity index (χ3n) is 4.06. The van der Waals surface area contributed by atoms with Crippen LogP contribution in [0.4, 0.5) is 0 Å². The molecule has 2 nitrogen and oxygen atoms in total. The quantitative estimate of drug-likeness (QED) is 0.673. The van der Waals surface area contributed by atoms with E-state index in [1.165, 1.54) is 25.7 Å². The van der Waals surface area contributed by atoms with Crippen molar-refractivity contribution in [2.75, 3.05) is 6.54 Å². The van der Waals surface area contributed by atoms with Crippen molar-refractivity contribution in [1.29, 1.82) is 0 Å². The van der Waals surface area contributed by atoms with Gasteiger partial charge in [-0.3, -0.25) is 9.69 Å². The number of Topliss-reactive ketones (excluding diaryl/α,β-unsaturated/α-hetero) is 1. The van der Waals surface area contributed by atoms with E-state index in [0.717, 1.165) is 24.9 Å². The molecule has 0 amide bonds. The summed E-state index contributed by atoms with van der Waals surface area (Å²) in [5, 5.41) is 0. The van der Waals surface area contributed by atoms with Crippen LogP contribution in [-0.4, -0.2) is 29.3 Å². The van der Waals surface area contributed by atoms with Crippen LogP contribution in [0.25, 0.3) is 0 Å². The van der Waals surface area contributed by atoms with Crippen LogP contribution in [0.5, 0.6) is 0 Å². The summed E-state index contributed by atoms with van der Waals surface area (Å²) in [5.41, 5.74) is 0. The van der Waals surface area contributed by atoms with Crippen molar-refractivity contribution in [2.45, 2.75) is 58.0 Å². The molecule has 0 aromatic heterocycles. The molecule has 1 saturated carbocycles. The van der Waals surface area contributed by atoms with Crippen molar-refractivity contribution in [3.63, 3.8) is 0 Å². The Labute approximate surface area is 86.7 Å².